The molecule has 1 fully saturated rings. The smallest absolute Gasteiger partial charge is 0.295 e. The molecule has 0 atom stereocenters. The number of fused-ring (bicyclic) bond motifs is 1. The third-order valence-electron chi connectivity index (χ3n) is 3.12. The minimum atomic E-state index is 0.405. The first kappa shape index (κ1) is 10.6. The van der Waals surface area contributed by atoms with E-state index in [0.29, 0.717) is 18.2 Å². The molecule has 90 valence electrons. The molecular weight excluding hydrogens is 216 g/mol. The van der Waals surface area contributed by atoms with E-state index in [4.69, 9.17) is 9.15 Å². The van der Waals surface area contributed by atoms with Gasteiger partial charge in [-0.25, -0.2) is 0 Å². The van der Waals surface area contributed by atoms with E-state index in [0.717, 1.165) is 30.5 Å². The van der Waals surface area contributed by atoms with Gasteiger partial charge in [-0.1, -0.05) is 12.1 Å². The van der Waals surface area contributed by atoms with Crippen molar-refractivity contribution in [1.82, 2.24) is 4.98 Å². The van der Waals surface area contributed by atoms with Gasteiger partial charge in [-0.15, -0.1) is 0 Å². The second-order valence-electron chi connectivity index (χ2n) is 4.38. The van der Waals surface area contributed by atoms with Gasteiger partial charge in [-0.3, -0.25) is 0 Å². The maximum Gasteiger partial charge on any atom is 0.295 e. The van der Waals surface area contributed by atoms with Crippen molar-refractivity contribution in [3.63, 3.8) is 0 Å². The lowest BCUT2D eigenvalue weighted by Crippen LogP contribution is -2.40. The van der Waals surface area contributed by atoms with Gasteiger partial charge in [0.1, 0.15) is 5.52 Å². The van der Waals surface area contributed by atoms with E-state index in [1.807, 2.05) is 31.2 Å². The minimum Gasteiger partial charge on any atom is -0.424 e. The zero-order valence-electron chi connectivity index (χ0n) is 9.85. The molecule has 1 N–H and O–H groups in total. The van der Waals surface area contributed by atoms with Gasteiger partial charge in [0.2, 0.25) is 0 Å². The van der Waals surface area contributed by atoms with Gasteiger partial charge >= 0.3 is 0 Å². The number of anilines is 1. The molecule has 0 spiro atoms. The number of aromatic nitrogens is 1. The van der Waals surface area contributed by atoms with Crippen molar-refractivity contribution >= 4 is 17.1 Å². The number of rotatable bonds is 4. The largest absolute Gasteiger partial charge is 0.424 e. The first-order valence-corrected chi connectivity index (χ1v) is 6.09. The van der Waals surface area contributed by atoms with Crippen molar-refractivity contribution in [2.75, 3.05) is 11.9 Å². The number of ether oxygens (including phenoxy) is 1. The number of oxazole rings is 1. The number of benzene rings is 1. The van der Waals surface area contributed by atoms with Crippen molar-refractivity contribution in [1.29, 1.82) is 0 Å². The Labute approximate surface area is 100.0 Å². The summed E-state index contributed by atoms with van der Waals surface area (Å²) in [6.45, 7) is 2.82. The van der Waals surface area contributed by atoms with E-state index in [1.54, 1.807) is 0 Å². The van der Waals surface area contributed by atoms with Gasteiger partial charge in [0.05, 0.1) is 6.10 Å². The van der Waals surface area contributed by atoms with E-state index in [1.165, 1.54) is 0 Å². The highest BCUT2D eigenvalue weighted by Crippen LogP contribution is 2.27. The van der Waals surface area contributed by atoms with Crippen LogP contribution in [0.5, 0.6) is 0 Å². The third-order valence-corrected chi connectivity index (χ3v) is 3.12. The summed E-state index contributed by atoms with van der Waals surface area (Å²) in [5.74, 6) is 0. The molecule has 0 radical (unpaired) electrons. The summed E-state index contributed by atoms with van der Waals surface area (Å²) in [4.78, 5) is 4.39. The Morgan fingerprint density at radius 1 is 1.41 bits per heavy atom. The Morgan fingerprint density at radius 2 is 2.24 bits per heavy atom. The van der Waals surface area contributed by atoms with Crippen molar-refractivity contribution < 1.29 is 9.15 Å². The molecule has 1 aliphatic rings. The molecule has 2 aromatic rings. The van der Waals surface area contributed by atoms with Gasteiger partial charge in [0.25, 0.3) is 6.01 Å². The van der Waals surface area contributed by atoms with Crippen LogP contribution in [0.25, 0.3) is 11.1 Å². The maximum absolute atomic E-state index is 5.61. The molecule has 0 saturated heterocycles. The lowest BCUT2D eigenvalue weighted by molar-refractivity contribution is 0.00260. The van der Waals surface area contributed by atoms with E-state index in [9.17, 15) is 0 Å². The third kappa shape index (κ3) is 2.13. The van der Waals surface area contributed by atoms with E-state index < -0.39 is 0 Å². The van der Waals surface area contributed by atoms with Crippen molar-refractivity contribution in [2.45, 2.75) is 31.9 Å². The first-order valence-electron chi connectivity index (χ1n) is 6.09. The van der Waals surface area contributed by atoms with Crippen molar-refractivity contribution in [3.05, 3.63) is 24.3 Å². The summed E-state index contributed by atoms with van der Waals surface area (Å²) in [6, 6.07) is 8.84. The molecule has 0 bridgehead atoms. The maximum atomic E-state index is 5.61. The molecule has 0 unspecified atom stereocenters. The predicted molar refractivity (Wildman–Crippen MR) is 66.1 cm³/mol. The Bertz CT molecular complexity index is 470. The highest BCUT2D eigenvalue weighted by Gasteiger charge is 2.30. The van der Waals surface area contributed by atoms with Crippen LogP contribution < -0.4 is 5.32 Å². The molecule has 1 aromatic carbocycles. The van der Waals surface area contributed by atoms with Gasteiger partial charge < -0.3 is 14.5 Å². The summed E-state index contributed by atoms with van der Waals surface area (Å²) in [5.41, 5.74) is 1.73. The van der Waals surface area contributed by atoms with E-state index in [2.05, 4.69) is 10.3 Å². The highest BCUT2D eigenvalue weighted by molar-refractivity contribution is 5.74. The van der Waals surface area contributed by atoms with Gasteiger partial charge in [-0.2, -0.15) is 4.98 Å². The number of nitrogens with zero attached hydrogens (tertiary/aromatic N) is 1. The monoisotopic (exact) mass is 232 g/mol. The standard InChI is InChI=1S/C13H16N2O2/c1-2-16-10-7-9(8-10)14-13-15-11-5-3-4-6-12(11)17-13/h3-6,9-10H,2,7-8H2,1H3,(H,14,15). The molecule has 4 nitrogen and oxygen atoms in total. The summed E-state index contributed by atoms with van der Waals surface area (Å²) < 4.78 is 11.1. The number of nitrogens with one attached hydrogen (secondary N) is 1. The van der Waals surface area contributed by atoms with Crippen LogP contribution in [0, 0.1) is 0 Å². The van der Waals surface area contributed by atoms with Crippen molar-refractivity contribution in [3.8, 4) is 0 Å². The number of hydrogen-bond acceptors (Lipinski definition) is 4. The average molecular weight is 232 g/mol. The summed E-state index contributed by atoms with van der Waals surface area (Å²) in [6.07, 6.45) is 2.47. The Balaban J connectivity index is 1.62. The van der Waals surface area contributed by atoms with Crippen LogP contribution in [0.2, 0.25) is 0 Å². The number of para-hydroxylation sites is 2. The van der Waals surface area contributed by atoms with Crippen LogP contribution in [0.4, 0.5) is 6.01 Å². The van der Waals surface area contributed by atoms with Crippen LogP contribution >= 0.6 is 0 Å². The molecule has 1 heterocycles. The van der Waals surface area contributed by atoms with Gasteiger partial charge in [-0.05, 0) is 31.9 Å². The molecule has 3 rings (SSSR count). The summed E-state index contributed by atoms with van der Waals surface area (Å²) >= 11 is 0. The Morgan fingerprint density at radius 3 is 3.00 bits per heavy atom. The van der Waals surface area contributed by atoms with E-state index in [-0.39, 0.29) is 0 Å². The second kappa shape index (κ2) is 4.37. The molecular formula is C13H16N2O2. The quantitative estimate of drug-likeness (QED) is 0.880. The van der Waals surface area contributed by atoms with Gasteiger partial charge in [0, 0.05) is 12.6 Å². The fourth-order valence-electron chi connectivity index (χ4n) is 2.16. The molecule has 4 heteroatoms. The topological polar surface area (TPSA) is 47.3 Å². The fraction of sp³-hybridized carbons (Fsp3) is 0.462. The highest BCUT2D eigenvalue weighted by atomic mass is 16.5. The lowest BCUT2D eigenvalue weighted by Gasteiger charge is -2.34. The second-order valence-corrected chi connectivity index (χ2v) is 4.38. The zero-order valence-corrected chi connectivity index (χ0v) is 9.85. The Kier molecular flexibility index (Phi) is 2.73. The van der Waals surface area contributed by atoms with Crippen LogP contribution in [0.1, 0.15) is 19.8 Å². The molecule has 17 heavy (non-hydrogen) atoms. The summed E-state index contributed by atoms with van der Waals surface area (Å²) in [5, 5.41) is 3.30. The Hall–Kier alpha value is -1.55. The molecule has 1 aromatic heterocycles. The first-order chi connectivity index (χ1) is 8.35. The van der Waals surface area contributed by atoms with Crippen LogP contribution in [-0.2, 0) is 4.74 Å². The van der Waals surface area contributed by atoms with Crippen LogP contribution in [0.3, 0.4) is 0 Å². The fourth-order valence-corrected chi connectivity index (χ4v) is 2.16. The molecule has 1 aliphatic carbocycles. The SMILES string of the molecule is CCOC1CC(Nc2nc3ccccc3o2)C1. The van der Waals surface area contributed by atoms with Crippen molar-refractivity contribution in [2.24, 2.45) is 0 Å². The zero-order chi connectivity index (χ0) is 11.7. The molecule has 0 aliphatic heterocycles. The van der Waals surface area contributed by atoms with Crippen LogP contribution in [0.15, 0.2) is 28.7 Å². The van der Waals surface area contributed by atoms with Gasteiger partial charge in [0.15, 0.2) is 5.58 Å². The summed E-state index contributed by atoms with van der Waals surface area (Å²) in [7, 11) is 0. The molecule has 0 amide bonds. The number of hydrogen-bond donors (Lipinski definition) is 1. The average Bonchev–Trinajstić information content (AvgIpc) is 2.68. The lowest BCUT2D eigenvalue weighted by atomic mass is 9.89. The molecule has 1 saturated carbocycles. The minimum absolute atomic E-state index is 0.405. The van der Waals surface area contributed by atoms with E-state index >= 15 is 0 Å². The predicted octanol–water partition coefficient (Wildman–Crippen LogP) is 2.81. The van der Waals surface area contributed by atoms with Crippen LogP contribution in [-0.4, -0.2) is 23.7 Å². The normalized spacial score (nSPS) is 23.6.